The van der Waals surface area contributed by atoms with Crippen LogP contribution in [0.3, 0.4) is 0 Å². The smallest absolute Gasteiger partial charge is 0.123 e. The largest absolute Gasteiger partial charge is 0.507 e. The average Bonchev–Trinajstić information content (AvgIpc) is 2.40. The zero-order valence-corrected chi connectivity index (χ0v) is 10.1. The maximum Gasteiger partial charge on any atom is 0.123 e. The molecule has 0 saturated heterocycles. The molecule has 2 aromatic carbocycles. The number of benzene rings is 2. The number of phenols is 1. The van der Waals surface area contributed by atoms with E-state index in [2.05, 4.69) is 6.58 Å². The maximum atomic E-state index is 9.92. The van der Waals surface area contributed by atoms with Gasteiger partial charge in [0.25, 0.3) is 0 Å². The van der Waals surface area contributed by atoms with Gasteiger partial charge in [0.15, 0.2) is 0 Å². The van der Waals surface area contributed by atoms with Crippen molar-refractivity contribution < 1.29 is 10.2 Å². The molecule has 2 heteroatoms. The number of phenolic OH excluding ortho intramolecular Hbond substituents is 1. The lowest BCUT2D eigenvalue weighted by Gasteiger charge is -2.09. The third-order valence-corrected chi connectivity index (χ3v) is 2.90. The molecule has 2 nitrogen and oxygen atoms in total. The number of hydrogen-bond donors (Lipinski definition) is 2. The molecule has 0 spiro atoms. The van der Waals surface area contributed by atoms with E-state index in [1.54, 1.807) is 6.07 Å². The standard InChI is InChI=1S/C16H16O2/c1-12(9-10-17)14-7-8-16(18)15(11-14)13-5-3-2-4-6-13/h2-8,11,17-18H,1,9-10H2. The Morgan fingerprint density at radius 3 is 2.44 bits per heavy atom. The van der Waals surface area contributed by atoms with Crippen LogP contribution in [0.2, 0.25) is 0 Å². The van der Waals surface area contributed by atoms with Crippen molar-refractivity contribution in [3.63, 3.8) is 0 Å². The fourth-order valence-electron chi connectivity index (χ4n) is 1.88. The fourth-order valence-corrected chi connectivity index (χ4v) is 1.88. The van der Waals surface area contributed by atoms with Crippen molar-refractivity contribution in [3.05, 3.63) is 60.7 Å². The quantitative estimate of drug-likeness (QED) is 0.859. The minimum atomic E-state index is 0.0837. The third kappa shape index (κ3) is 2.60. The predicted octanol–water partition coefficient (Wildman–Crippen LogP) is 3.45. The molecular weight excluding hydrogens is 224 g/mol. The monoisotopic (exact) mass is 240 g/mol. The Bertz CT molecular complexity index is 544. The summed E-state index contributed by atoms with van der Waals surface area (Å²) in [5.41, 5.74) is 3.57. The summed E-state index contributed by atoms with van der Waals surface area (Å²) in [7, 11) is 0. The van der Waals surface area contributed by atoms with Gasteiger partial charge in [-0.05, 0) is 35.3 Å². The van der Waals surface area contributed by atoms with E-state index in [1.807, 2.05) is 42.5 Å². The van der Waals surface area contributed by atoms with E-state index in [4.69, 9.17) is 5.11 Å². The molecule has 0 fully saturated rings. The Balaban J connectivity index is 2.42. The maximum absolute atomic E-state index is 9.92. The highest BCUT2D eigenvalue weighted by Crippen LogP contribution is 2.32. The lowest BCUT2D eigenvalue weighted by Crippen LogP contribution is -1.89. The molecule has 0 aliphatic rings. The summed E-state index contributed by atoms with van der Waals surface area (Å²) in [4.78, 5) is 0. The van der Waals surface area contributed by atoms with Crippen LogP contribution in [0.25, 0.3) is 16.7 Å². The molecule has 0 unspecified atom stereocenters. The van der Waals surface area contributed by atoms with E-state index in [0.29, 0.717) is 6.42 Å². The van der Waals surface area contributed by atoms with Gasteiger partial charge in [-0.3, -0.25) is 0 Å². The lowest BCUT2D eigenvalue weighted by atomic mass is 9.98. The Labute approximate surface area is 107 Å². The molecule has 0 aliphatic heterocycles. The van der Waals surface area contributed by atoms with E-state index in [0.717, 1.165) is 22.3 Å². The van der Waals surface area contributed by atoms with Crippen LogP contribution in [0.1, 0.15) is 12.0 Å². The molecule has 0 bridgehead atoms. The molecule has 0 saturated carbocycles. The number of aromatic hydroxyl groups is 1. The van der Waals surface area contributed by atoms with E-state index in [-0.39, 0.29) is 12.4 Å². The van der Waals surface area contributed by atoms with Crippen molar-refractivity contribution in [3.8, 4) is 16.9 Å². The molecule has 2 N–H and O–H groups in total. The van der Waals surface area contributed by atoms with Crippen LogP contribution in [0.15, 0.2) is 55.1 Å². The molecule has 0 radical (unpaired) electrons. The highest BCUT2D eigenvalue weighted by molar-refractivity contribution is 5.76. The van der Waals surface area contributed by atoms with Gasteiger partial charge in [-0.25, -0.2) is 0 Å². The zero-order chi connectivity index (χ0) is 13.0. The molecule has 0 heterocycles. The summed E-state index contributed by atoms with van der Waals surface area (Å²) >= 11 is 0. The number of hydrogen-bond acceptors (Lipinski definition) is 2. The van der Waals surface area contributed by atoms with E-state index in [9.17, 15) is 5.11 Å². The van der Waals surface area contributed by atoms with Crippen molar-refractivity contribution in [2.75, 3.05) is 6.61 Å². The van der Waals surface area contributed by atoms with Crippen LogP contribution in [0.5, 0.6) is 5.75 Å². The summed E-state index contributed by atoms with van der Waals surface area (Å²) in [6, 6.07) is 15.1. The second-order valence-electron chi connectivity index (χ2n) is 4.18. The van der Waals surface area contributed by atoms with Gasteiger partial charge >= 0.3 is 0 Å². The van der Waals surface area contributed by atoms with Gasteiger partial charge in [-0.15, -0.1) is 0 Å². The molecule has 0 atom stereocenters. The lowest BCUT2D eigenvalue weighted by molar-refractivity contribution is 0.305. The first-order valence-corrected chi connectivity index (χ1v) is 5.90. The van der Waals surface area contributed by atoms with Gasteiger partial charge in [0.1, 0.15) is 5.75 Å². The van der Waals surface area contributed by atoms with Crippen molar-refractivity contribution in [1.82, 2.24) is 0 Å². The average molecular weight is 240 g/mol. The van der Waals surface area contributed by atoms with Crippen LogP contribution in [-0.4, -0.2) is 16.8 Å². The Morgan fingerprint density at radius 2 is 1.78 bits per heavy atom. The molecule has 2 rings (SSSR count). The van der Waals surface area contributed by atoms with Crippen molar-refractivity contribution in [2.45, 2.75) is 6.42 Å². The summed E-state index contributed by atoms with van der Waals surface area (Å²) in [5, 5.41) is 18.8. The summed E-state index contributed by atoms with van der Waals surface area (Å²) in [6.45, 7) is 4.02. The van der Waals surface area contributed by atoms with Gasteiger partial charge in [-0.1, -0.05) is 43.0 Å². The van der Waals surface area contributed by atoms with Crippen molar-refractivity contribution in [1.29, 1.82) is 0 Å². The third-order valence-electron chi connectivity index (χ3n) is 2.90. The van der Waals surface area contributed by atoms with Crippen LogP contribution in [0, 0.1) is 0 Å². The molecular formula is C16H16O2. The first-order valence-electron chi connectivity index (χ1n) is 5.90. The van der Waals surface area contributed by atoms with E-state index >= 15 is 0 Å². The zero-order valence-electron chi connectivity index (χ0n) is 10.1. The minimum Gasteiger partial charge on any atom is -0.507 e. The molecule has 0 amide bonds. The number of aliphatic hydroxyl groups is 1. The van der Waals surface area contributed by atoms with E-state index in [1.165, 1.54) is 0 Å². The summed E-state index contributed by atoms with van der Waals surface area (Å²) in [5.74, 6) is 0.252. The first kappa shape index (κ1) is 12.4. The number of rotatable bonds is 4. The molecule has 18 heavy (non-hydrogen) atoms. The van der Waals surface area contributed by atoms with Crippen LogP contribution in [-0.2, 0) is 0 Å². The SMILES string of the molecule is C=C(CCO)c1ccc(O)c(-c2ccccc2)c1. The Morgan fingerprint density at radius 1 is 1.06 bits per heavy atom. The Kier molecular flexibility index (Phi) is 3.80. The summed E-state index contributed by atoms with van der Waals surface area (Å²) in [6.07, 6.45) is 0.541. The number of aliphatic hydroxyl groups excluding tert-OH is 1. The van der Waals surface area contributed by atoms with Crippen LogP contribution in [0.4, 0.5) is 0 Å². The molecule has 2 aromatic rings. The molecule has 0 aromatic heterocycles. The molecule has 0 aliphatic carbocycles. The van der Waals surface area contributed by atoms with Crippen molar-refractivity contribution in [2.24, 2.45) is 0 Å². The molecule has 92 valence electrons. The second-order valence-corrected chi connectivity index (χ2v) is 4.18. The van der Waals surface area contributed by atoms with Crippen LogP contribution < -0.4 is 0 Å². The summed E-state index contributed by atoms with van der Waals surface area (Å²) < 4.78 is 0. The normalized spacial score (nSPS) is 10.3. The van der Waals surface area contributed by atoms with Gasteiger partial charge in [0.2, 0.25) is 0 Å². The minimum absolute atomic E-state index is 0.0837. The fraction of sp³-hybridized carbons (Fsp3) is 0.125. The topological polar surface area (TPSA) is 40.5 Å². The highest BCUT2D eigenvalue weighted by Gasteiger charge is 2.06. The Hall–Kier alpha value is -2.06. The van der Waals surface area contributed by atoms with Crippen LogP contribution >= 0.6 is 0 Å². The van der Waals surface area contributed by atoms with Crippen molar-refractivity contribution >= 4 is 5.57 Å². The van der Waals surface area contributed by atoms with Gasteiger partial charge in [0, 0.05) is 12.2 Å². The van der Waals surface area contributed by atoms with Gasteiger partial charge in [0.05, 0.1) is 0 Å². The second kappa shape index (κ2) is 5.52. The van der Waals surface area contributed by atoms with Gasteiger partial charge < -0.3 is 10.2 Å². The highest BCUT2D eigenvalue weighted by atomic mass is 16.3. The first-order chi connectivity index (χ1) is 8.72. The van der Waals surface area contributed by atoms with Gasteiger partial charge in [-0.2, -0.15) is 0 Å². The van der Waals surface area contributed by atoms with E-state index < -0.39 is 0 Å². The predicted molar refractivity (Wildman–Crippen MR) is 74.3 cm³/mol.